The summed E-state index contributed by atoms with van der Waals surface area (Å²) in [6, 6.07) is 9.15. The molecule has 18 heavy (non-hydrogen) atoms. The van der Waals surface area contributed by atoms with Crippen molar-refractivity contribution < 1.29 is 0 Å². The Morgan fingerprint density at radius 1 is 1.22 bits per heavy atom. The van der Waals surface area contributed by atoms with E-state index >= 15 is 0 Å². The number of aryl methyl sites for hydroxylation is 1. The average Bonchev–Trinajstić information content (AvgIpc) is 2.41. The third-order valence-corrected chi connectivity index (χ3v) is 3.60. The van der Waals surface area contributed by atoms with Crippen LogP contribution in [0.15, 0.2) is 30.5 Å². The minimum absolute atomic E-state index is 0.546. The molecule has 0 bridgehead atoms. The highest BCUT2D eigenvalue weighted by Crippen LogP contribution is 2.23. The van der Waals surface area contributed by atoms with Gasteiger partial charge in [0.15, 0.2) is 0 Å². The summed E-state index contributed by atoms with van der Waals surface area (Å²) in [4.78, 5) is 4.51. The van der Waals surface area contributed by atoms with Gasteiger partial charge in [0.1, 0.15) is 5.82 Å². The lowest BCUT2D eigenvalue weighted by Crippen LogP contribution is -2.35. The monoisotopic (exact) mass is 241 g/mol. The Labute approximate surface area is 108 Å². The molecular weight excluding hydrogens is 222 g/mol. The molecule has 0 spiro atoms. The van der Waals surface area contributed by atoms with Gasteiger partial charge >= 0.3 is 0 Å². The Hall–Kier alpha value is -1.61. The van der Waals surface area contributed by atoms with Gasteiger partial charge in [0.25, 0.3) is 0 Å². The van der Waals surface area contributed by atoms with Gasteiger partial charge in [0.05, 0.1) is 0 Å². The van der Waals surface area contributed by atoms with E-state index in [0.717, 1.165) is 18.9 Å². The molecule has 1 saturated heterocycles. The second-order valence-electron chi connectivity index (χ2n) is 5.05. The lowest BCUT2D eigenvalue weighted by Gasteiger charge is -2.24. The first-order chi connectivity index (χ1) is 8.83. The Morgan fingerprint density at radius 2 is 2.06 bits per heavy atom. The first-order valence-corrected chi connectivity index (χ1v) is 6.65. The van der Waals surface area contributed by atoms with Crippen LogP contribution >= 0.6 is 0 Å². The third kappa shape index (κ3) is 2.31. The Kier molecular flexibility index (Phi) is 3.15. The van der Waals surface area contributed by atoms with Crippen molar-refractivity contribution in [1.82, 2.24) is 10.3 Å². The van der Waals surface area contributed by atoms with Crippen LogP contribution in [0.1, 0.15) is 18.4 Å². The van der Waals surface area contributed by atoms with E-state index in [1.54, 1.807) is 0 Å². The van der Waals surface area contributed by atoms with E-state index in [2.05, 4.69) is 46.8 Å². The molecule has 1 aliphatic heterocycles. The summed E-state index contributed by atoms with van der Waals surface area (Å²) in [7, 11) is 0. The molecule has 3 nitrogen and oxygen atoms in total. The van der Waals surface area contributed by atoms with Crippen LogP contribution in [-0.4, -0.2) is 24.1 Å². The maximum absolute atomic E-state index is 4.51. The quantitative estimate of drug-likeness (QED) is 0.849. The van der Waals surface area contributed by atoms with Gasteiger partial charge in [-0.3, -0.25) is 0 Å². The first-order valence-electron chi connectivity index (χ1n) is 6.65. The molecule has 3 rings (SSSR count). The summed E-state index contributed by atoms with van der Waals surface area (Å²) in [5.74, 6) is 1.03. The largest absolute Gasteiger partial charge is 0.367 e. The van der Waals surface area contributed by atoms with Crippen molar-refractivity contribution in [1.29, 1.82) is 0 Å². The number of nitrogens with zero attached hydrogens (tertiary/aromatic N) is 1. The van der Waals surface area contributed by atoms with E-state index in [4.69, 9.17) is 0 Å². The van der Waals surface area contributed by atoms with E-state index in [0.29, 0.717) is 6.04 Å². The lowest BCUT2D eigenvalue weighted by molar-refractivity contribution is 0.478. The smallest absolute Gasteiger partial charge is 0.134 e. The van der Waals surface area contributed by atoms with Crippen LogP contribution in [0.25, 0.3) is 10.8 Å². The summed E-state index contributed by atoms with van der Waals surface area (Å²) in [6.07, 6.45) is 4.23. The third-order valence-electron chi connectivity index (χ3n) is 3.60. The molecule has 2 heterocycles. The molecule has 1 aromatic heterocycles. The molecule has 3 heteroatoms. The number of anilines is 1. The number of rotatable bonds is 2. The molecular formula is C15H19N3. The molecule has 2 aromatic rings. The van der Waals surface area contributed by atoms with Crippen molar-refractivity contribution in [2.75, 3.05) is 18.4 Å². The number of nitrogens with one attached hydrogen (secondary N) is 2. The highest BCUT2D eigenvalue weighted by Gasteiger charge is 2.14. The topological polar surface area (TPSA) is 37.0 Å². The normalized spacial score (nSPS) is 16.9. The van der Waals surface area contributed by atoms with Crippen LogP contribution in [0.4, 0.5) is 5.82 Å². The molecule has 94 valence electrons. The van der Waals surface area contributed by atoms with E-state index in [1.807, 2.05) is 6.20 Å². The van der Waals surface area contributed by atoms with E-state index in [-0.39, 0.29) is 0 Å². The second kappa shape index (κ2) is 4.94. The lowest BCUT2D eigenvalue weighted by atomic mass is 10.1. The van der Waals surface area contributed by atoms with Gasteiger partial charge in [-0.25, -0.2) is 4.98 Å². The Balaban J connectivity index is 1.92. The number of hydrogen-bond acceptors (Lipinski definition) is 3. The molecule has 0 saturated carbocycles. The first kappa shape index (κ1) is 11.5. The number of hydrogen-bond donors (Lipinski definition) is 2. The van der Waals surface area contributed by atoms with Gasteiger partial charge in [0, 0.05) is 17.6 Å². The number of fused-ring (bicyclic) bond motifs is 1. The maximum atomic E-state index is 4.51. The van der Waals surface area contributed by atoms with Crippen molar-refractivity contribution in [3.05, 3.63) is 36.0 Å². The minimum atomic E-state index is 0.546. The zero-order chi connectivity index (χ0) is 12.4. The van der Waals surface area contributed by atoms with Gasteiger partial charge in [-0.1, -0.05) is 17.7 Å². The number of piperidine rings is 1. The van der Waals surface area contributed by atoms with Crippen molar-refractivity contribution in [2.45, 2.75) is 25.8 Å². The Morgan fingerprint density at radius 3 is 2.89 bits per heavy atom. The molecule has 0 radical (unpaired) electrons. The van der Waals surface area contributed by atoms with E-state index in [1.165, 1.54) is 29.2 Å². The predicted molar refractivity (Wildman–Crippen MR) is 76.0 cm³/mol. The SMILES string of the molecule is Cc1ccc2ccnc(NC3CCNCC3)c2c1. The molecule has 0 aliphatic carbocycles. The molecule has 0 atom stereocenters. The zero-order valence-electron chi connectivity index (χ0n) is 10.7. The highest BCUT2D eigenvalue weighted by molar-refractivity contribution is 5.92. The Bertz CT molecular complexity index is 544. The van der Waals surface area contributed by atoms with Gasteiger partial charge in [-0.2, -0.15) is 0 Å². The number of pyridine rings is 1. The van der Waals surface area contributed by atoms with Crippen molar-refractivity contribution in [3.8, 4) is 0 Å². The van der Waals surface area contributed by atoms with Crippen molar-refractivity contribution >= 4 is 16.6 Å². The second-order valence-corrected chi connectivity index (χ2v) is 5.05. The van der Waals surface area contributed by atoms with Crippen LogP contribution in [0.5, 0.6) is 0 Å². The minimum Gasteiger partial charge on any atom is -0.367 e. The zero-order valence-corrected chi connectivity index (χ0v) is 10.7. The molecule has 0 unspecified atom stereocenters. The van der Waals surface area contributed by atoms with Crippen LogP contribution < -0.4 is 10.6 Å². The fourth-order valence-corrected chi connectivity index (χ4v) is 2.56. The fraction of sp³-hybridized carbons (Fsp3) is 0.400. The molecule has 1 aromatic carbocycles. The standard InChI is InChI=1S/C15H19N3/c1-11-2-3-12-4-9-17-15(14(12)10-11)18-13-5-7-16-8-6-13/h2-4,9-10,13,16H,5-8H2,1H3,(H,17,18). The summed E-state index contributed by atoms with van der Waals surface area (Å²) < 4.78 is 0. The highest BCUT2D eigenvalue weighted by atomic mass is 15.0. The van der Waals surface area contributed by atoms with Crippen LogP contribution in [0.2, 0.25) is 0 Å². The summed E-state index contributed by atoms with van der Waals surface area (Å²) >= 11 is 0. The summed E-state index contributed by atoms with van der Waals surface area (Å²) in [5.41, 5.74) is 1.28. The van der Waals surface area contributed by atoms with E-state index in [9.17, 15) is 0 Å². The predicted octanol–water partition coefficient (Wildman–Crippen LogP) is 2.71. The molecule has 2 N–H and O–H groups in total. The molecule has 0 amide bonds. The van der Waals surface area contributed by atoms with Crippen LogP contribution in [0.3, 0.4) is 0 Å². The van der Waals surface area contributed by atoms with Gasteiger partial charge in [-0.15, -0.1) is 0 Å². The number of aromatic nitrogens is 1. The van der Waals surface area contributed by atoms with Crippen molar-refractivity contribution in [3.63, 3.8) is 0 Å². The average molecular weight is 241 g/mol. The molecule has 1 fully saturated rings. The fourth-order valence-electron chi connectivity index (χ4n) is 2.56. The molecule has 1 aliphatic rings. The van der Waals surface area contributed by atoms with Gasteiger partial charge in [0.2, 0.25) is 0 Å². The van der Waals surface area contributed by atoms with Gasteiger partial charge < -0.3 is 10.6 Å². The van der Waals surface area contributed by atoms with E-state index < -0.39 is 0 Å². The maximum Gasteiger partial charge on any atom is 0.134 e. The summed E-state index contributed by atoms with van der Waals surface area (Å²) in [6.45, 7) is 4.32. The van der Waals surface area contributed by atoms with Gasteiger partial charge in [-0.05, 0) is 50.4 Å². The number of benzene rings is 1. The van der Waals surface area contributed by atoms with Crippen molar-refractivity contribution in [2.24, 2.45) is 0 Å². The van der Waals surface area contributed by atoms with Crippen LogP contribution in [0, 0.1) is 6.92 Å². The summed E-state index contributed by atoms with van der Waals surface area (Å²) in [5, 5.41) is 9.48. The van der Waals surface area contributed by atoms with Crippen LogP contribution in [-0.2, 0) is 0 Å².